The molecule has 0 atom stereocenters. The number of hydrogen-bond donors (Lipinski definition) is 0. The van der Waals surface area contributed by atoms with Gasteiger partial charge in [-0.15, -0.1) is 0 Å². The van der Waals surface area contributed by atoms with Crippen molar-refractivity contribution in [1.29, 1.82) is 0 Å². The molecule has 3 heterocycles. The smallest absolute Gasteiger partial charge is 0.420 e. The number of hydrogen-bond acceptors (Lipinski definition) is 4. The van der Waals surface area contributed by atoms with Crippen molar-refractivity contribution in [2.24, 2.45) is 7.05 Å². The quantitative estimate of drug-likeness (QED) is 0.674. The van der Waals surface area contributed by atoms with Gasteiger partial charge in [0, 0.05) is 19.4 Å². The molecule has 0 unspecified atom stereocenters. The fourth-order valence-electron chi connectivity index (χ4n) is 2.64. The lowest BCUT2D eigenvalue weighted by atomic mass is 10.1. The van der Waals surface area contributed by atoms with Crippen LogP contribution in [0.4, 0.5) is 13.2 Å². The molecule has 0 spiro atoms. The SMILES string of the molecule is COC(=O)c1c(C(F)(F)F)c(-c2cc(C)cc3nccn23)nn1C. The second-order valence-corrected chi connectivity index (χ2v) is 5.26. The number of halogens is 3. The van der Waals surface area contributed by atoms with Crippen LogP contribution in [0, 0.1) is 6.92 Å². The standard InChI is InChI=1S/C15H13F3N4O2/c1-8-6-9(22-5-4-19-10(22)7-8)12-11(15(16,17)18)13(14(23)24-3)21(2)20-12/h4-7H,1-3H3. The van der Waals surface area contributed by atoms with Crippen LogP contribution >= 0.6 is 0 Å². The average Bonchev–Trinajstić information content (AvgIpc) is 3.08. The molecule has 0 radical (unpaired) electrons. The molecule has 0 amide bonds. The Labute approximate surface area is 134 Å². The van der Waals surface area contributed by atoms with E-state index in [-0.39, 0.29) is 11.4 Å². The number of aryl methyl sites for hydroxylation is 2. The number of ether oxygens (including phenoxy) is 1. The number of fused-ring (bicyclic) bond motifs is 1. The van der Waals surface area contributed by atoms with Crippen LogP contribution in [0.1, 0.15) is 21.6 Å². The normalized spacial score (nSPS) is 11.9. The maximum Gasteiger partial charge on any atom is 0.420 e. The summed E-state index contributed by atoms with van der Waals surface area (Å²) in [5.41, 5.74) is -0.713. The van der Waals surface area contributed by atoms with Gasteiger partial charge in [-0.25, -0.2) is 9.78 Å². The van der Waals surface area contributed by atoms with Crippen LogP contribution < -0.4 is 0 Å². The monoisotopic (exact) mass is 338 g/mol. The molecule has 3 aromatic rings. The van der Waals surface area contributed by atoms with Gasteiger partial charge in [0.2, 0.25) is 0 Å². The lowest BCUT2D eigenvalue weighted by Gasteiger charge is -2.11. The lowest BCUT2D eigenvalue weighted by Crippen LogP contribution is -2.16. The van der Waals surface area contributed by atoms with Gasteiger partial charge in [0.1, 0.15) is 16.9 Å². The Kier molecular flexibility index (Phi) is 3.58. The molecule has 0 aliphatic rings. The number of methoxy groups -OCH3 is 1. The van der Waals surface area contributed by atoms with Crippen molar-refractivity contribution in [3.63, 3.8) is 0 Å². The summed E-state index contributed by atoms with van der Waals surface area (Å²) in [6.07, 6.45) is -1.75. The van der Waals surface area contributed by atoms with Gasteiger partial charge in [0.25, 0.3) is 0 Å². The van der Waals surface area contributed by atoms with Crippen LogP contribution in [-0.4, -0.2) is 32.2 Å². The summed E-state index contributed by atoms with van der Waals surface area (Å²) in [6, 6.07) is 3.30. The highest BCUT2D eigenvalue weighted by Gasteiger charge is 2.43. The zero-order valence-corrected chi connectivity index (χ0v) is 13.0. The minimum absolute atomic E-state index is 0.195. The lowest BCUT2D eigenvalue weighted by molar-refractivity contribution is -0.137. The van der Waals surface area contributed by atoms with Gasteiger partial charge in [-0.2, -0.15) is 18.3 Å². The average molecular weight is 338 g/mol. The van der Waals surface area contributed by atoms with Crippen LogP contribution in [0.15, 0.2) is 24.5 Å². The topological polar surface area (TPSA) is 61.4 Å². The van der Waals surface area contributed by atoms with Gasteiger partial charge in [-0.3, -0.25) is 9.08 Å². The Morgan fingerprint density at radius 3 is 2.62 bits per heavy atom. The maximum atomic E-state index is 13.6. The molecule has 0 aliphatic carbocycles. The van der Waals surface area contributed by atoms with Gasteiger partial charge >= 0.3 is 12.1 Å². The molecule has 3 aromatic heterocycles. The number of aromatic nitrogens is 4. The third-order valence-electron chi connectivity index (χ3n) is 3.60. The van der Waals surface area contributed by atoms with E-state index in [0.717, 1.165) is 17.4 Å². The van der Waals surface area contributed by atoms with E-state index in [1.165, 1.54) is 23.8 Å². The maximum absolute atomic E-state index is 13.6. The molecule has 0 bridgehead atoms. The minimum atomic E-state index is -4.77. The Bertz CT molecular complexity index is 940. The Morgan fingerprint density at radius 1 is 1.29 bits per heavy atom. The highest BCUT2D eigenvalue weighted by Crippen LogP contribution is 2.39. The number of rotatable bonds is 2. The predicted octanol–water partition coefficient (Wildman–Crippen LogP) is 2.85. The first kappa shape index (κ1) is 16.0. The van der Waals surface area contributed by atoms with Crippen LogP contribution in [0.3, 0.4) is 0 Å². The Balaban J connectivity index is 2.40. The van der Waals surface area contributed by atoms with Crippen molar-refractivity contribution in [2.75, 3.05) is 7.11 Å². The molecule has 24 heavy (non-hydrogen) atoms. The minimum Gasteiger partial charge on any atom is -0.464 e. The summed E-state index contributed by atoms with van der Waals surface area (Å²) in [5.74, 6) is -1.10. The van der Waals surface area contributed by atoms with E-state index in [4.69, 9.17) is 0 Å². The van der Waals surface area contributed by atoms with Crippen molar-refractivity contribution in [2.45, 2.75) is 13.1 Å². The van der Waals surface area contributed by atoms with Gasteiger partial charge < -0.3 is 4.74 Å². The predicted molar refractivity (Wildman–Crippen MR) is 78.5 cm³/mol. The number of esters is 1. The first-order valence-corrected chi connectivity index (χ1v) is 6.90. The highest BCUT2D eigenvalue weighted by atomic mass is 19.4. The van der Waals surface area contributed by atoms with Gasteiger partial charge in [0.15, 0.2) is 5.69 Å². The van der Waals surface area contributed by atoms with Gasteiger partial charge in [-0.05, 0) is 24.6 Å². The van der Waals surface area contributed by atoms with Crippen molar-refractivity contribution >= 4 is 11.6 Å². The van der Waals surface area contributed by atoms with Crippen molar-refractivity contribution in [3.05, 3.63) is 41.3 Å². The summed E-state index contributed by atoms with van der Waals surface area (Å²) in [5, 5.41) is 3.93. The fraction of sp³-hybridized carbons (Fsp3) is 0.267. The van der Waals surface area contributed by atoms with E-state index in [9.17, 15) is 18.0 Å². The number of carbonyl (C=O) groups is 1. The Hall–Kier alpha value is -2.84. The highest BCUT2D eigenvalue weighted by molar-refractivity contribution is 5.91. The fourth-order valence-corrected chi connectivity index (χ4v) is 2.64. The molecular formula is C15H13F3N4O2. The zero-order chi connectivity index (χ0) is 17.6. The molecule has 9 heteroatoms. The molecule has 126 valence electrons. The number of nitrogens with zero attached hydrogens (tertiary/aromatic N) is 4. The van der Waals surface area contributed by atoms with Crippen LogP contribution in [0.5, 0.6) is 0 Å². The molecule has 0 N–H and O–H groups in total. The molecule has 0 saturated heterocycles. The summed E-state index contributed by atoms with van der Waals surface area (Å²) in [6.45, 7) is 1.75. The van der Waals surface area contributed by atoms with E-state index in [1.807, 2.05) is 0 Å². The van der Waals surface area contributed by atoms with E-state index >= 15 is 0 Å². The van der Waals surface area contributed by atoms with E-state index in [0.29, 0.717) is 5.65 Å². The van der Waals surface area contributed by atoms with Crippen molar-refractivity contribution in [1.82, 2.24) is 19.2 Å². The van der Waals surface area contributed by atoms with Crippen LogP contribution in [0.2, 0.25) is 0 Å². The van der Waals surface area contributed by atoms with E-state index < -0.39 is 23.4 Å². The first-order valence-electron chi connectivity index (χ1n) is 6.90. The number of alkyl halides is 3. The third kappa shape index (κ3) is 2.41. The van der Waals surface area contributed by atoms with Gasteiger partial charge in [0.05, 0.1) is 12.8 Å². The van der Waals surface area contributed by atoms with Crippen molar-refractivity contribution in [3.8, 4) is 11.4 Å². The zero-order valence-electron chi connectivity index (χ0n) is 13.0. The second kappa shape index (κ2) is 5.36. The summed E-state index contributed by atoms with van der Waals surface area (Å²) in [7, 11) is 2.29. The summed E-state index contributed by atoms with van der Waals surface area (Å²) < 4.78 is 47.8. The van der Waals surface area contributed by atoms with Crippen LogP contribution in [0.25, 0.3) is 17.0 Å². The molecule has 0 fully saturated rings. The molecule has 6 nitrogen and oxygen atoms in total. The van der Waals surface area contributed by atoms with Gasteiger partial charge in [-0.1, -0.05) is 0 Å². The molecular weight excluding hydrogens is 325 g/mol. The largest absolute Gasteiger partial charge is 0.464 e. The van der Waals surface area contributed by atoms with E-state index in [1.54, 1.807) is 19.1 Å². The number of pyridine rings is 1. The molecule has 0 aliphatic heterocycles. The number of carbonyl (C=O) groups excluding carboxylic acids is 1. The molecule has 0 saturated carbocycles. The summed E-state index contributed by atoms with van der Waals surface area (Å²) in [4.78, 5) is 15.9. The first-order chi connectivity index (χ1) is 11.2. The van der Waals surface area contributed by atoms with Crippen molar-refractivity contribution < 1.29 is 22.7 Å². The molecule has 3 rings (SSSR count). The second-order valence-electron chi connectivity index (χ2n) is 5.26. The van der Waals surface area contributed by atoms with Crippen LogP contribution in [-0.2, 0) is 18.0 Å². The van der Waals surface area contributed by atoms with E-state index in [2.05, 4.69) is 14.8 Å². The summed E-state index contributed by atoms with van der Waals surface area (Å²) >= 11 is 0. The third-order valence-corrected chi connectivity index (χ3v) is 3.60. The Morgan fingerprint density at radius 2 is 2.00 bits per heavy atom. The number of imidazole rings is 1. The molecule has 0 aromatic carbocycles.